The molecule has 0 bridgehead atoms. The summed E-state index contributed by atoms with van der Waals surface area (Å²) < 4.78 is 4.75. The van der Waals surface area contributed by atoms with E-state index in [1.54, 1.807) is 0 Å². The Morgan fingerprint density at radius 1 is 0.250 bits per heavy atom. The third-order valence-electron chi connectivity index (χ3n) is 12.2. The van der Waals surface area contributed by atoms with Crippen LogP contribution in [0.25, 0.3) is 111 Å². The summed E-state index contributed by atoms with van der Waals surface area (Å²) in [4.78, 5) is 0. The molecule has 0 aliphatic carbocycles. The van der Waals surface area contributed by atoms with Crippen molar-refractivity contribution in [2.75, 3.05) is 0 Å². The second-order valence-corrected chi connectivity index (χ2v) is 15.8. The zero-order chi connectivity index (χ0) is 39.6. The minimum absolute atomic E-state index is 1.17. The Kier molecular flexibility index (Phi) is 7.89. The lowest BCUT2D eigenvalue weighted by Crippen LogP contribution is -1.93. The van der Waals surface area contributed by atoms with Gasteiger partial charge in [-0.05, 0) is 134 Å². The van der Waals surface area contributed by atoms with Gasteiger partial charge in [-0.25, -0.2) is 0 Å². The molecule has 280 valence electrons. The van der Waals surface area contributed by atoms with Gasteiger partial charge in [0.25, 0.3) is 0 Å². The summed E-state index contributed by atoms with van der Waals surface area (Å²) >= 11 is 0. The summed E-state index contributed by atoms with van der Waals surface area (Å²) in [6.45, 7) is 0. The highest BCUT2D eigenvalue weighted by Crippen LogP contribution is 2.37. The number of rotatable bonds is 6. The van der Waals surface area contributed by atoms with Crippen molar-refractivity contribution in [1.82, 2.24) is 9.13 Å². The molecule has 2 nitrogen and oxygen atoms in total. The average Bonchev–Trinajstić information content (AvgIpc) is 3.83. The van der Waals surface area contributed by atoms with Crippen molar-refractivity contribution in [3.05, 3.63) is 230 Å². The Balaban J connectivity index is 0.817. The molecule has 0 N–H and O–H groups in total. The largest absolute Gasteiger partial charge is 0.309 e. The first-order valence-corrected chi connectivity index (χ1v) is 20.7. The van der Waals surface area contributed by atoms with Gasteiger partial charge in [-0.2, -0.15) is 0 Å². The van der Waals surface area contributed by atoms with E-state index in [4.69, 9.17) is 0 Å². The molecule has 0 amide bonds. The standard InChI is InChI=1S/C58H38N2/c1-3-11-49(12-4-1)59-56-18-10-8-16-52(56)54-37-47(30-32-57(54)59)45-27-25-41-33-39(21-23-43(41)35-45)19-20-40-22-24-44-36-46(28-26-42(44)34-40)48-29-31-53-51-15-7-9-17-55(51)60(58(53)38-48)50-13-5-2-6-14-50/h1-38H/b20-19+. The lowest BCUT2D eigenvalue weighted by Gasteiger charge is -2.09. The zero-order valence-corrected chi connectivity index (χ0v) is 32.8. The fourth-order valence-corrected chi connectivity index (χ4v) is 9.30. The summed E-state index contributed by atoms with van der Waals surface area (Å²) in [5, 5.41) is 10.0. The predicted molar refractivity (Wildman–Crippen MR) is 256 cm³/mol. The van der Waals surface area contributed by atoms with E-state index in [1.165, 1.54) is 110 Å². The molecule has 2 heterocycles. The van der Waals surface area contributed by atoms with Crippen LogP contribution in [0.3, 0.4) is 0 Å². The van der Waals surface area contributed by atoms with Crippen LogP contribution < -0.4 is 0 Å². The van der Waals surface area contributed by atoms with Crippen molar-refractivity contribution in [2.45, 2.75) is 0 Å². The molecule has 2 heteroatoms. The summed E-state index contributed by atoms with van der Waals surface area (Å²) in [6.07, 6.45) is 4.45. The molecule has 0 saturated carbocycles. The zero-order valence-electron chi connectivity index (χ0n) is 32.8. The van der Waals surface area contributed by atoms with E-state index in [-0.39, 0.29) is 0 Å². The van der Waals surface area contributed by atoms with Crippen molar-refractivity contribution < 1.29 is 0 Å². The van der Waals surface area contributed by atoms with Crippen molar-refractivity contribution in [1.29, 1.82) is 0 Å². The molecule has 60 heavy (non-hydrogen) atoms. The van der Waals surface area contributed by atoms with Gasteiger partial charge >= 0.3 is 0 Å². The van der Waals surface area contributed by atoms with E-state index < -0.39 is 0 Å². The highest BCUT2D eigenvalue weighted by atomic mass is 15.0. The molecule has 0 spiro atoms. The first kappa shape index (κ1) is 34.1. The Bertz CT molecular complexity index is 3640. The van der Waals surface area contributed by atoms with E-state index in [9.17, 15) is 0 Å². The quantitative estimate of drug-likeness (QED) is 0.149. The lowest BCUT2D eigenvalue weighted by atomic mass is 9.98. The van der Waals surface area contributed by atoms with Crippen LogP contribution in [0.5, 0.6) is 0 Å². The van der Waals surface area contributed by atoms with Gasteiger partial charge in [0.05, 0.1) is 22.1 Å². The Hall–Kier alpha value is -7.94. The van der Waals surface area contributed by atoms with E-state index in [0.717, 1.165) is 0 Å². The van der Waals surface area contributed by atoms with E-state index >= 15 is 0 Å². The molecular formula is C58H38N2. The number of nitrogens with zero attached hydrogens (tertiary/aromatic N) is 2. The molecule has 12 aromatic rings. The lowest BCUT2D eigenvalue weighted by molar-refractivity contribution is 1.18. The summed E-state index contributed by atoms with van der Waals surface area (Å²) in [6, 6.07) is 79.7. The first-order chi connectivity index (χ1) is 29.7. The molecule has 0 saturated heterocycles. The highest BCUT2D eigenvalue weighted by molar-refractivity contribution is 6.11. The fourth-order valence-electron chi connectivity index (χ4n) is 9.30. The molecule has 12 rings (SSSR count). The minimum Gasteiger partial charge on any atom is -0.309 e. The first-order valence-electron chi connectivity index (χ1n) is 20.7. The Labute approximate surface area is 348 Å². The summed E-state index contributed by atoms with van der Waals surface area (Å²) in [5.41, 5.74) is 14.5. The molecule has 0 aliphatic rings. The smallest absolute Gasteiger partial charge is 0.0547 e. The topological polar surface area (TPSA) is 9.86 Å². The molecule has 0 unspecified atom stereocenters. The van der Waals surface area contributed by atoms with Crippen LogP contribution in [0.2, 0.25) is 0 Å². The maximum absolute atomic E-state index is 2.38. The Morgan fingerprint density at radius 3 is 1.25 bits per heavy atom. The van der Waals surface area contributed by atoms with Gasteiger partial charge in [0, 0.05) is 32.9 Å². The summed E-state index contributed by atoms with van der Waals surface area (Å²) in [7, 11) is 0. The van der Waals surface area contributed by atoms with Crippen LogP contribution in [0.1, 0.15) is 11.1 Å². The molecule has 10 aromatic carbocycles. The van der Waals surface area contributed by atoms with Gasteiger partial charge in [-0.15, -0.1) is 0 Å². The number of benzene rings is 10. The normalized spacial score (nSPS) is 11.9. The van der Waals surface area contributed by atoms with Crippen molar-refractivity contribution in [3.63, 3.8) is 0 Å². The molecular weight excluding hydrogens is 725 g/mol. The van der Waals surface area contributed by atoms with Crippen LogP contribution in [0.15, 0.2) is 218 Å². The van der Waals surface area contributed by atoms with Crippen LogP contribution in [0, 0.1) is 0 Å². The second-order valence-electron chi connectivity index (χ2n) is 15.8. The Morgan fingerprint density at radius 2 is 0.650 bits per heavy atom. The van der Waals surface area contributed by atoms with Gasteiger partial charge in [0.2, 0.25) is 0 Å². The molecule has 0 atom stereocenters. The third-order valence-corrected chi connectivity index (χ3v) is 12.2. The second kappa shape index (κ2) is 13.9. The molecule has 0 aliphatic heterocycles. The maximum atomic E-state index is 2.38. The van der Waals surface area contributed by atoms with Crippen molar-refractivity contribution in [2.24, 2.45) is 0 Å². The molecule has 2 aromatic heterocycles. The van der Waals surface area contributed by atoms with Gasteiger partial charge in [-0.1, -0.05) is 152 Å². The number of para-hydroxylation sites is 4. The number of hydrogen-bond donors (Lipinski definition) is 0. The van der Waals surface area contributed by atoms with Gasteiger partial charge in [0.1, 0.15) is 0 Å². The number of aromatic nitrogens is 2. The monoisotopic (exact) mass is 762 g/mol. The fraction of sp³-hybridized carbons (Fsp3) is 0. The summed E-state index contributed by atoms with van der Waals surface area (Å²) in [5.74, 6) is 0. The van der Waals surface area contributed by atoms with Crippen molar-refractivity contribution in [3.8, 4) is 33.6 Å². The van der Waals surface area contributed by atoms with Gasteiger partial charge in [-0.3, -0.25) is 0 Å². The van der Waals surface area contributed by atoms with Crippen LogP contribution in [-0.2, 0) is 0 Å². The van der Waals surface area contributed by atoms with E-state index in [1.807, 2.05) is 0 Å². The van der Waals surface area contributed by atoms with Gasteiger partial charge in [0.15, 0.2) is 0 Å². The van der Waals surface area contributed by atoms with Crippen LogP contribution in [0.4, 0.5) is 0 Å². The predicted octanol–water partition coefficient (Wildman–Crippen LogP) is 15.7. The van der Waals surface area contributed by atoms with E-state index in [0.29, 0.717) is 0 Å². The molecule has 0 radical (unpaired) electrons. The number of hydrogen-bond acceptors (Lipinski definition) is 0. The van der Waals surface area contributed by atoms with Crippen LogP contribution in [-0.4, -0.2) is 9.13 Å². The van der Waals surface area contributed by atoms with Crippen molar-refractivity contribution >= 4 is 77.3 Å². The SMILES string of the molecule is C(=C\c1ccc2cc(-c3ccc4c5ccccc5n(-c5ccccc5)c4c3)ccc2c1)/c1ccc2cc(-c3ccc4c(c3)c3ccccc3n4-c3ccccc3)ccc2c1. The molecule has 0 fully saturated rings. The van der Waals surface area contributed by atoms with Gasteiger partial charge < -0.3 is 9.13 Å². The van der Waals surface area contributed by atoms with Crippen LogP contribution >= 0.6 is 0 Å². The maximum Gasteiger partial charge on any atom is 0.0547 e. The minimum atomic E-state index is 1.17. The average molecular weight is 763 g/mol. The highest BCUT2D eigenvalue weighted by Gasteiger charge is 2.15. The number of fused-ring (bicyclic) bond motifs is 8. The van der Waals surface area contributed by atoms with E-state index in [2.05, 4.69) is 240 Å². The third kappa shape index (κ3) is 5.73.